The minimum atomic E-state index is -3.28. The van der Waals surface area contributed by atoms with E-state index in [0.29, 0.717) is 5.56 Å². The molecule has 7 heteroatoms. The van der Waals surface area contributed by atoms with Crippen LogP contribution >= 0.6 is 0 Å². The molecule has 0 radical (unpaired) electrons. The smallest absolute Gasteiger partial charge is 0.353 e. The first kappa shape index (κ1) is 20.4. The Morgan fingerprint density at radius 3 is 2.24 bits per heavy atom. The molecule has 0 saturated carbocycles. The summed E-state index contributed by atoms with van der Waals surface area (Å²) in [4.78, 5) is 51.7. The zero-order chi connectivity index (χ0) is 21.0. The number of Topliss-reactive ketones (excluding diaryl/α,β-unsaturated/α-hetero) is 1. The number of amides is 2. The number of imide groups is 1. The van der Waals surface area contributed by atoms with E-state index in [4.69, 9.17) is 4.74 Å². The minimum Gasteiger partial charge on any atom is -0.463 e. The van der Waals surface area contributed by atoms with Crippen LogP contribution in [-0.4, -0.2) is 40.7 Å². The Kier molecular flexibility index (Phi) is 5.87. The van der Waals surface area contributed by atoms with Crippen LogP contribution in [0.2, 0.25) is 0 Å². The fourth-order valence-electron chi connectivity index (χ4n) is 3.35. The Bertz CT molecular complexity index is 931. The zero-order valence-electron chi connectivity index (χ0n) is 15.8. The van der Waals surface area contributed by atoms with Crippen LogP contribution in [-0.2, 0) is 25.7 Å². The molecule has 29 heavy (non-hydrogen) atoms. The summed E-state index contributed by atoms with van der Waals surface area (Å²) in [5.41, 5.74) is -2.69. The normalized spacial score (nSPS) is 18.4. The third kappa shape index (κ3) is 3.81. The van der Waals surface area contributed by atoms with Gasteiger partial charge >= 0.3 is 5.97 Å². The van der Waals surface area contributed by atoms with Gasteiger partial charge in [-0.05, 0) is 12.5 Å². The standard InChI is InChI=1S/C22H20FNO5/c1-2-29-21(28)22(23,19(26)16-11-7-4-8-12-16)17-13-18(25)24(20(17)27)14-15-9-5-3-6-10-15/h3-12,17H,2,13-14H2,1H3/t17-,22-/m0/s1. The van der Waals surface area contributed by atoms with Crippen molar-refractivity contribution in [1.82, 2.24) is 4.90 Å². The first-order chi connectivity index (χ1) is 13.9. The number of benzene rings is 2. The molecular weight excluding hydrogens is 377 g/mol. The molecule has 0 N–H and O–H groups in total. The van der Waals surface area contributed by atoms with Gasteiger partial charge in [-0.3, -0.25) is 19.3 Å². The highest BCUT2D eigenvalue weighted by Crippen LogP contribution is 2.37. The SMILES string of the molecule is CCOC(=O)[C@@](F)(C(=O)c1ccccc1)[C@H]1CC(=O)N(Cc2ccccc2)C1=O. The van der Waals surface area contributed by atoms with Crippen molar-refractivity contribution in [3.05, 3.63) is 71.8 Å². The largest absolute Gasteiger partial charge is 0.463 e. The fourth-order valence-corrected chi connectivity index (χ4v) is 3.35. The lowest BCUT2D eigenvalue weighted by molar-refractivity contribution is -0.160. The van der Waals surface area contributed by atoms with Crippen molar-refractivity contribution in [2.45, 2.75) is 25.6 Å². The molecule has 1 aliphatic rings. The summed E-state index contributed by atoms with van der Waals surface area (Å²) in [6, 6.07) is 16.1. The van der Waals surface area contributed by atoms with E-state index in [0.717, 1.165) is 4.90 Å². The van der Waals surface area contributed by atoms with Gasteiger partial charge in [0.1, 0.15) is 5.92 Å². The van der Waals surface area contributed by atoms with Crippen molar-refractivity contribution >= 4 is 23.6 Å². The summed E-state index contributed by atoms with van der Waals surface area (Å²) >= 11 is 0. The van der Waals surface area contributed by atoms with Crippen LogP contribution in [0.4, 0.5) is 4.39 Å². The molecule has 6 nitrogen and oxygen atoms in total. The van der Waals surface area contributed by atoms with Crippen LogP contribution in [0, 0.1) is 5.92 Å². The van der Waals surface area contributed by atoms with Crippen molar-refractivity contribution < 1.29 is 28.3 Å². The van der Waals surface area contributed by atoms with Gasteiger partial charge in [-0.15, -0.1) is 0 Å². The number of hydrogen-bond acceptors (Lipinski definition) is 5. The van der Waals surface area contributed by atoms with Crippen molar-refractivity contribution in [2.24, 2.45) is 5.92 Å². The quantitative estimate of drug-likeness (QED) is 0.311. The first-order valence-electron chi connectivity index (χ1n) is 9.23. The van der Waals surface area contributed by atoms with Crippen molar-refractivity contribution in [1.29, 1.82) is 0 Å². The molecule has 2 aromatic carbocycles. The van der Waals surface area contributed by atoms with E-state index in [1.54, 1.807) is 36.4 Å². The van der Waals surface area contributed by atoms with Crippen LogP contribution in [0.25, 0.3) is 0 Å². The second-order valence-electron chi connectivity index (χ2n) is 6.69. The highest BCUT2D eigenvalue weighted by molar-refractivity contribution is 6.20. The molecule has 0 aromatic heterocycles. The summed E-state index contributed by atoms with van der Waals surface area (Å²) in [6.45, 7) is 1.23. The molecule has 2 amide bonds. The predicted octanol–water partition coefficient (Wildman–Crippen LogP) is 2.72. The highest BCUT2D eigenvalue weighted by atomic mass is 19.1. The molecule has 0 unspecified atom stereocenters. The first-order valence-corrected chi connectivity index (χ1v) is 9.23. The van der Waals surface area contributed by atoms with Gasteiger partial charge < -0.3 is 4.74 Å². The predicted molar refractivity (Wildman–Crippen MR) is 101 cm³/mol. The third-order valence-electron chi connectivity index (χ3n) is 4.85. The summed E-state index contributed by atoms with van der Waals surface area (Å²) in [5, 5.41) is 0. The van der Waals surface area contributed by atoms with Crippen LogP contribution < -0.4 is 0 Å². The Morgan fingerprint density at radius 2 is 1.66 bits per heavy atom. The number of alkyl halides is 1. The molecule has 3 rings (SSSR count). The number of ketones is 1. The summed E-state index contributed by atoms with van der Waals surface area (Å²) in [5.74, 6) is -5.97. The lowest BCUT2D eigenvalue weighted by atomic mass is 9.81. The molecule has 2 atom stereocenters. The van der Waals surface area contributed by atoms with Gasteiger partial charge in [0.15, 0.2) is 0 Å². The molecule has 0 spiro atoms. The zero-order valence-corrected chi connectivity index (χ0v) is 15.8. The van der Waals surface area contributed by atoms with Crippen LogP contribution in [0.5, 0.6) is 0 Å². The lowest BCUT2D eigenvalue weighted by Crippen LogP contribution is -2.52. The Labute approximate surface area is 167 Å². The second-order valence-corrected chi connectivity index (χ2v) is 6.69. The van der Waals surface area contributed by atoms with Crippen molar-refractivity contribution in [3.63, 3.8) is 0 Å². The van der Waals surface area contributed by atoms with Crippen LogP contribution in [0.15, 0.2) is 60.7 Å². The van der Waals surface area contributed by atoms with E-state index in [1.807, 2.05) is 0 Å². The monoisotopic (exact) mass is 397 g/mol. The van der Waals surface area contributed by atoms with Gasteiger partial charge in [-0.2, -0.15) is 0 Å². The molecular formula is C22H20FNO5. The van der Waals surface area contributed by atoms with E-state index < -0.39 is 41.6 Å². The van der Waals surface area contributed by atoms with E-state index in [-0.39, 0.29) is 18.7 Å². The van der Waals surface area contributed by atoms with Gasteiger partial charge in [0.25, 0.3) is 5.67 Å². The molecule has 1 heterocycles. The van der Waals surface area contributed by atoms with Crippen molar-refractivity contribution in [3.8, 4) is 0 Å². The average Bonchev–Trinajstić information content (AvgIpc) is 3.03. The van der Waals surface area contributed by atoms with Crippen molar-refractivity contribution in [2.75, 3.05) is 6.61 Å². The van der Waals surface area contributed by atoms with E-state index >= 15 is 4.39 Å². The molecule has 0 bridgehead atoms. The highest BCUT2D eigenvalue weighted by Gasteiger charge is 2.62. The fraction of sp³-hybridized carbons (Fsp3) is 0.273. The maximum absolute atomic E-state index is 16.1. The number of halogens is 1. The van der Waals surface area contributed by atoms with Crippen LogP contribution in [0.1, 0.15) is 29.3 Å². The molecule has 2 aromatic rings. The lowest BCUT2D eigenvalue weighted by Gasteiger charge is -2.26. The second kappa shape index (κ2) is 8.34. The van der Waals surface area contributed by atoms with E-state index in [1.165, 1.54) is 31.2 Å². The summed E-state index contributed by atoms with van der Waals surface area (Å²) < 4.78 is 20.9. The number of likely N-dealkylation sites (tertiary alicyclic amines) is 1. The molecule has 1 fully saturated rings. The molecule has 0 aliphatic carbocycles. The summed E-state index contributed by atoms with van der Waals surface area (Å²) in [6.07, 6.45) is -0.584. The van der Waals surface area contributed by atoms with Gasteiger partial charge in [-0.25, -0.2) is 9.18 Å². The average molecular weight is 397 g/mol. The number of ether oxygens (including phenoxy) is 1. The Hall–Kier alpha value is -3.35. The number of rotatable bonds is 7. The van der Waals surface area contributed by atoms with Gasteiger partial charge in [-0.1, -0.05) is 60.7 Å². The number of nitrogens with zero attached hydrogens (tertiary/aromatic N) is 1. The maximum Gasteiger partial charge on any atom is 0.353 e. The van der Waals surface area contributed by atoms with Gasteiger partial charge in [0.2, 0.25) is 17.6 Å². The van der Waals surface area contributed by atoms with Crippen LogP contribution in [0.3, 0.4) is 0 Å². The molecule has 1 aliphatic heterocycles. The van der Waals surface area contributed by atoms with E-state index in [9.17, 15) is 19.2 Å². The Morgan fingerprint density at radius 1 is 1.07 bits per heavy atom. The molecule has 150 valence electrons. The molecule has 1 saturated heterocycles. The number of hydrogen-bond donors (Lipinski definition) is 0. The van der Waals surface area contributed by atoms with Gasteiger partial charge in [0.05, 0.1) is 13.2 Å². The van der Waals surface area contributed by atoms with Gasteiger partial charge in [0, 0.05) is 12.0 Å². The maximum atomic E-state index is 16.1. The third-order valence-corrected chi connectivity index (χ3v) is 4.85. The number of carbonyl (C=O) groups excluding carboxylic acids is 4. The minimum absolute atomic E-state index is 0.0621. The topological polar surface area (TPSA) is 80.8 Å². The Balaban J connectivity index is 1.96. The summed E-state index contributed by atoms with van der Waals surface area (Å²) in [7, 11) is 0. The van der Waals surface area contributed by atoms with E-state index in [2.05, 4.69) is 0 Å². The number of carbonyl (C=O) groups is 4. The number of esters is 1.